The summed E-state index contributed by atoms with van der Waals surface area (Å²) < 4.78 is 26.0. The molecule has 2 atom stereocenters. The van der Waals surface area contributed by atoms with Gasteiger partial charge < -0.3 is 10.2 Å². The summed E-state index contributed by atoms with van der Waals surface area (Å²) in [5, 5.41) is 19.5. The van der Waals surface area contributed by atoms with Crippen LogP contribution in [-0.2, 0) is 0 Å². The minimum Gasteiger partial charge on any atom is -0.392 e. The second kappa shape index (κ2) is 7.26. The van der Waals surface area contributed by atoms with Gasteiger partial charge in [0.2, 0.25) is 0 Å². The number of hydrogen-bond acceptors (Lipinski definition) is 4. The van der Waals surface area contributed by atoms with Crippen molar-refractivity contribution < 1.29 is 19.0 Å². The van der Waals surface area contributed by atoms with Crippen molar-refractivity contribution >= 4 is 0 Å². The molecule has 0 saturated carbocycles. The standard InChI is InChI=1S/C15H22F2N2O2/c1-11(20)9-18-4-6-19(7-5-18)10-15(21)12-2-3-13(16)14(17)8-12/h2-3,8,11,15,20-21H,4-7,9-10H2,1H3/t11-,15-/m1/s1. The fraction of sp³-hybridized carbons (Fsp3) is 0.600. The Kier molecular flexibility index (Phi) is 5.64. The van der Waals surface area contributed by atoms with Crippen LogP contribution < -0.4 is 0 Å². The fourth-order valence-electron chi connectivity index (χ4n) is 2.60. The summed E-state index contributed by atoms with van der Waals surface area (Å²) in [6.45, 7) is 6.04. The molecule has 1 saturated heterocycles. The molecule has 0 spiro atoms. The van der Waals surface area contributed by atoms with Gasteiger partial charge in [-0.2, -0.15) is 0 Å². The smallest absolute Gasteiger partial charge is 0.159 e. The number of benzene rings is 1. The number of rotatable bonds is 5. The van der Waals surface area contributed by atoms with E-state index in [-0.39, 0.29) is 6.10 Å². The molecule has 0 aliphatic carbocycles. The van der Waals surface area contributed by atoms with Crippen molar-refractivity contribution in [2.45, 2.75) is 19.1 Å². The predicted octanol–water partition coefficient (Wildman–Crippen LogP) is 0.997. The minimum atomic E-state index is -0.937. The number of halogens is 2. The lowest BCUT2D eigenvalue weighted by Gasteiger charge is -2.36. The first-order chi connectivity index (χ1) is 9.95. The average molecular weight is 300 g/mol. The number of nitrogens with zero attached hydrogens (tertiary/aromatic N) is 2. The zero-order valence-electron chi connectivity index (χ0n) is 12.2. The SMILES string of the molecule is C[C@@H](O)CN1CCN(C[C@@H](O)c2ccc(F)c(F)c2)CC1. The van der Waals surface area contributed by atoms with E-state index in [9.17, 15) is 19.0 Å². The van der Waals surface area contributed by atoms with Crippen LogP contribution in [0.15, 0.2) is 18.2 Å². The topological polar surface area (TPSA) is 46.9 Å². The highest BCUT2D eigenvalue weighted by Gasteiger charge is 2.21. The number of hydrogen-bond donors (Lipinski definition) is 2. The summed E-state index contributed by atoms with van der Waals surface area (Å²) in [5.41, 5.74) is 0.389. The van der Waals surface area contributed by atoms with Crippen LogP contribution in [0.5, 0.6) is 0 Å². The maximum atomic E-state index is 13.2. The van der Waals surface area contributed by atoms with Crippen LogP contribution in [0, 0.1) is 11.6 Å². The van der Waals surface area contributed by atoms with Crippen molar-refractivity contribution in [1.82, 2.24) is 9.80 Å². The van der Waals surface area contributed by atoms with Gasteiger partial charge in [0.1, 0.15) is 0 Å². The first-order valence-electron chi connectivity index (χ1n) is 7.21. The molecule has 2 N–H and O–H groups in total. The summed E-state index contributed by atoms with van der Waals surface area (Å²) in [5.74, 6) is -1.84. The maximum absolute atomic E-state index is 13.2. The molecule has 1 fully saturated rings. The second-order valence-corrected chi connectivity index (χ2v) is 5.64. The quantitative estimate of drug-likeness (QED) is 0.851. The highest BCUT2D eigenvalue weighted by Crippen LogP contribution is 2.18. The average Bonchev–Trinajstić information content (AvgIpc) is 2.43. The van der Waals surface area contributed by atoms with Gasteiger partial charge in [0.25, 0.3) is 0 Å². The van der Waals surface area contributed by atoms with E-state index in [4.69, 9.17) is 0 Å². The number of aliphatic hydroxyl groups is 2. The Morgan fingerprint density at radius 1 is 1.00 bits per heavy atom. The molecule has 0 unspecified atom stereocenters. The second-order valence-electron chi connectivity index (χ2n) is 5.64. The van der Waals surface area contributed by atoms with Crippen LogP contribution in [0.3, 0.4) is 0 Å². The van der Waals surface area contributed by atoms with E-state index in [0.29, 0.717) is 18.7 Å². The van der Waals surface area contributed by atoms with Crippen LogP contribution in [-0.4, -0.2) is 65.4 Å². The Labute approximate surface area is 123 Å². The van der Waals surface area contributed by atoms with Crippen molar-refractivity contribution in [2.24, 2.45) is 0 Å². The highest BCUT2D eigenvalue weighted by molar-refractivity contribution is 5.20. The lowest BCUT2D eigenvalue weighted by Crippen LogP contribution is -2.49. The molecule has 118 valence electrons. The molecular formula is C15H22F2N2O2. The fourth-order valence-corrected chi connectivity index (χ4v) is 2.60. The molecule has 1 aliphatic heterocycles. The first kappa shape index (κ1) is 16.3. The third kappa shape index (κ3) is 4.71. The largest absolute Gasteiger partial charge is 0.392 e. The summed E-state index contributed by atoms with van der Waals surface area (Å²) in [6, 6.07) is 3.49. The summed E-state index contributed by atoms with van der Waals surface area (Å²) in [6.07, 6.45) is -1.17. The molecule has 4 nitrogen and oxygen atoms in total. The molecule has 1 aromatic carbocycles. The van der Waals surface area contributed by atoms with Gasteiger partial charge >= 0.3 is 0 Å². The minimum absolute atomic E-state index is 0.343. The van der Waals surface area contributed by atoms with E-state index in [1.807, 2.05) is 0 Å². The van der Waals surface area contributed by atoms with Crippen LogP contribution in [0.1, 0.15) is 18.6 Å². The Hall–Kier alpha value is -1.08. The molecule has 1 aliphatic rings. The summed E-state index contributed by atoms with van der Waals surface area (Å²) >= 11 is 0. The van der Waals surface area contributed by atoms with Gasteiger partial charge in [-0.15, -0.1) is 0 Å². The van der Waals surface area contributed by atoms with Gasteiger partial charge in [-0.1, -0.05) is 6.07 Å². The van der Waals surface area contributed by atoms with Gasteiger partial charge in [-0.25, -0.2) is 8.78 Å². The Morgan fingerprint density at radius 3 is 2.10 bits per heavy atom. The van der Waals surface area contributed by atoms with E-state index < -0.39 is 17.7 Å². The molecular weight excluding hydrogens is 278 g/mol. The molecule has 0 bridgehead atoms. The van der Waals surface area contributed by atoms with Gasteiger partial charge in [0, 0.05) is 39.3 Å². The Balaban J connectivity index is 1.84. The van der Waals surface area contributed by atoms with E-state index >= 15 is 0 Å². The Morgan fingerprint density at radius 2 is 1.57 bits per heavy atom. The number of piperazine rings is 1. The number of β-amino-alcohol motifs (C(OH)–C–C–N with tert-alkyl or cyclic N) is 2. The van der Waals surface area contributed by atoms with Crippen LogP contribution in [0.4, 0.5) is 8.78 Å². The van der Waals surface area contributed by atoms with Crippen molar-refractivity contribution in [2.75, 3.05) is 39.3 Å². The van der Waals surface area contributed by atoms with E-state index in [1.54, 1.807) is 6.92 Å². The van der Waals surface area contributed by atoms with Crippen molar-refractivity contribution in [3.8, 4) is 0 Å². The summed E-state index contributed by atoms with van der Waals surface area (Å²) in [4.78, 5) is 4.26. The lowest BCUT2D eigenvalue weighted by atomic mass is 10.1. The lowest BCUT2D eigenvalue weighted by molar-refractivity contribution is 0.0525. The molecule has 1 aromatic rings. The van der Waals surface area contributed by atoms with Crippen molar-refractivity contribution in [3.63, 3.8) is 0 Å². The molecule has 0 aromatic heterocycles. The third-order valence-corrected chi connectivity index (χ3v) is 3.75. The van der Waals surface area contributed by atoms with Crippen molar-refractivity contribution in [1.29, 1.82) is 0 Å². The molecule has 6 heteroatoms. The van der Waals surface area contributed by atoms with Crippen LogP contribution in [0.25, 0.3) is 0 Å². The molecule has 21 heavy (non-hydrogen) atoms. The monoisotopic (exact) mass is 300 g/mol. The molecule has 2 rings (SSSR count). The van der Waals surface area contributed by atoms with Gasteiger partial charge in [-0.3, -0.25) is 9.80 Å². The van der Waals surface area contributed by atoms with Gasteiger partial charge in [0.15, 0.2) is 11.6 Å². The van der Waals surface area contributed by atoms with Gasteiger partial charge in [0.05, 0.1) is 12.2 Å². The van der Waals surface area contributed by atoms with Crippen molar-refractivity contribution in [3.05, 3.63) is 35.4 Å². The first-order valence-corrected chi connectivity index (χ1v) is 7.21. The molecule has 1 heterocycles. The molecule has 0 radical (unpaired) electrons. The Bertz CT molecular complexity index is 463. The van der Waals surface area contributed by atoms with E-state index in [2.05, 4.69) is 9.80 Å². The summed E-state index contributed by atoms with van der Waals surface area (Å²) in [7, 11) is 0. The van der Waals surface area contributed by atoms with E-state index in [0.717, 1.165) is 38.3 Å². The van der Waals surface area contributed by atoms with Gasteiger partial charge in [-0.05, 0) is 24.6 Å². The maximum Gasteiger partial charge on any atom is 0.159 e. The zero-order chi connectivity index (χ0) is 15.4. The van der Waals surface area contributed by atoms with Crippen LogP contribution in [0.2, 0.25) is 0 Å². The van der Waals surface area contributed by atoms with Crippen LogP contribution >= 0.6 is 0 Å². The number of aliphatic hydroxyl groups excluding tert-OH is 2. The normalized spacial score (nSPS) is 20.4. The third-order valence-electron chi connectivity index (χ3n) is 3.75. The molecule has 0 amide bonds. The van der Waals surface area contributed by atoms with E-state index in [1.165, 1.54) is 6.07 Å². The predicted molar refractivity (Wildman–Crippen MR) is 75.9 cm³/mol. The highest BCUT2D eigenvalue weighted by atomic mass is 19.2. The zero-order valence-corrected chi connectivity index (χ0v) is 12.2.